The molecule has 1 aliphatic carbocycles. The highest BCUT2D eigenvalue weighted by molar-refractivity contribution is 6.04. The molecule has 5 heteroatoms. The van der Waals surface area contributed by atoms with Crippen molar-refractivity contribution in [1.29, 1.82) is 0 Å². The molecule has 3 N–H and O–H groups in total. The summed E-state index contributed by atoms with van der Waals surface area (Å²) >= 11 is 0. The summed E-state index contributed by atoms with van der Waals surface area (Å²) in [5.41, 5.74) is 6.28. The van der Waals surface area contributed by atoms with Crippen LogP contribution in [0.15, 0.2) is 36.7 Å². The zero-order chi connectivity index (χ0) is 14.7. The maximum atomic E-state index is 12.5. The zero-order valence-corrected chi connectivity index (χ0v) is 11.8. The third kappa shape index (κ3) is 1.85. The molecule has 5 rings (SSSR count). The molecule has 108 valence electrons. The molecular formula is C16H17N3O2. The third-order valence-corrected chi connectivity index (χ3v) is 4.51. The summed E-state index contributed by atoms with van der Waals surface area (Å²) in [5, 5.41) is 4.90. The predicted molar refractivity (Wildman–Crippen MR) is 79.8 cm³/mol. The lowest BCUT2D eigenvalue weighted by molar-refractivity contribution is -0.127. The number of fused-ring (bicyclic) bond motifs is 2. The molecule has 2 aromatic rings. The number of rotatable bonds is 2. The second-order valence-corrected chi connectivity index (χ2v) is 6.43. The first-order valence-corrected chi connectivity index (χ1v) is 7.10. The molecule has 2 bridgehead atoms. The van der Waals surface area contributed by atoms with Gasteiger partial charge in [0.2, 0.25) is 0 Å². The van der Waals surface area contributed by atoms with Crippen LogP contribution in [0.25, 0.3) is 10.8 Å². The van der Waals surface area contributed by atoms with Crippen molar-refractivity contribution in [3.05, 3.63) is 36.7 Å². The Labute approximate surface area is 122 Å². The lowest BCUT2D eigenvalue weighted by Gasteiger charge is -2.39. The minimum atomic E-state index is -0.570. The van der Waals surface area contributed by atoms with Gasteiger partial charge in [0.05, 0.1) is 11.1 Å². The van der Waals surface area contributed by atoms with Crippen LogP contribution < -0.4 is 11.1 Å². The second kappa shape index (κ2) is 4.02. The van der Waals surface area contributed by atoms with E-state index in [9.17, 15) is 4.79 Å². The molecule has 5 nitrogen and oxygen atoms in total. The minimum Gasteiger partial charge on any atom is -0.360 e. The summed E-state index contributed by atoms with van der Waals surface area (Å²) in [7, 11) is 0. The molecule has 3 heterocycles. The van der Waals surface area contributed by atoms with Crippen molar-refractivity contribution in [2.45, 2.75) is 37.0 Å². The molecule has 1 amide bonds. The van der Waals surface area contributed by atoms with Crippen LogP contribution in [0.4, 0.5) is 5.69 Å². The SMILES string of the molecule is CC12CC(N)(C1)C(C(=O)Nc1cccc3cnccc13)O2. The number of pyridine rings is 1. The summed E-state index contributed by atoms with van der Waals surface area (Å²) in [6.07, 6.45) is 4.42. The Kier molecular flexibility index (Phi) is 2.44. The van der Waals surface area contributed by atoms with Crippen molar-refractivity contribution in [2.24, 2.45) is 5.73 Å². The van der Waals surface area contributed by atoms with Crippen molar-refractivity contribution in [1.82, 2.24) is 4.98 Å². The highest BCUT2D eigenvalue weighted by atomic mass is 16.5. The standard InChI is InChI=1S/C16H17N3O2/c1-15-8-16(17,9-15)13(21-15)14(20)19-12-4-2-3-10-7-18-6-5-11(10)12/h2-7,13H,8-9,17H2,1H3,(H,19,20). The molecule has 1 unspecified atom stereocenters. The number of nitrogens with two attached hydrogens (primary N) is 1. The van der Waals surface area contributed by atoms with E-state index >= 15 is 0 Å². The first kappa shape index (κ1) is 12.7. The van der Waals surface area contributed by atoms with Gasteiger partial charge in [0.15, 0.2) is 6.10 Å². The normalized spacial score (nSPS) is 33.7. The number of hydrogen-bond donors (Lipinski definition) is 2. The van der Waals surface area contributed by atoms with E-state index in [2.05, 4.69) is 10.3 Å². The Morgan fingerprint density at radius 2 is 2.24 bits per heavy atom. The molecule has 3 fully saturated rings. The summed E-state index contributed by atoms with van der Waals surface area (Å²) in [4.78, 5) is 16.6. The lowest BCUT2D eigenvalue weighted by atomic mass is 9.67. The van der Waals surface area contributed by atoms with Gasteiger partial charge in [-0.15, -0.1) is 0 Å². The van der Waals surface area contributed by atoms with E-state index in [-0.39, 0.29) is 11.5 Å². The number of anilines is 1. The van der Waals surface area contributed by atoms with Gasteiger partial charge < -0.3 is 15.8 Å². The van der Waals surface area contributed by atoms with Gasteiger partial charge in [0, 0.05) is 28.9 Å². The van der Waals surface area contributed by atoms with E-state index in [1.807, 2.05) is 31.2 Å². The molecule has 0 radical (unpaired) electrons. The van der Waals surface area contributed by atoms with Gasteiger partial charge in [-0.25, -0.2) is 0 Å². The fraction of sp³-hybridized carbons (Fsp3) is 0.375. The maximum absolute atomic E-state index is 12.5. The molecule has 1 aromatic heterocycles. The van der Waals surface area contributed by atoms with Gasteiger partial charge in [-0.05, 0) is 31.9 Å². The monoisotopic (exact) mass is 283 g/mol. The lowest BCUT2D eigenvalue weighted by Crippen LogP contribution is -2.58. The van der Waals surface area contributed by atoms with Crippen molar-refractivity contribution in [2.75, 3.05) is 5.32 Å². The molecule has 1 saturated carbocycles. The highest BCUT2D eigenvalue weighted by Crippen LogP contribution is 2.53. The van der Waals surface area contributed by atoms with Gasteiger partial charge in [-0.2, -0.15) is 0 Å². The smallest absolute Gasteiger partial charge is 0.255 e. The number of carbonyl (C=O) groups excluding carboxylic acids is 1. The van der Waals surface area contributed by atoms with Crippen molar-refractivity contribution >= 4 is 22.4 Å². The molecular weight excluding hydrogens is 266 g/mol. The average molecular weight is 283 g/mol. The fourth-order valence-corrected chi connectivity index (χ4v) is 3.76. The number of amides is 1. The summed E-state index contributed by atoms with van der Waals surface area (Å²) in [6.45, 7) is 2.01. The average Bonchev–Trinajstić information content (AvgIpc) is 2.85. The largest absolute Gasteiger partial charge is 0.360 e. The molecule has 1 aromatic carbocycles. The van der Waals surface area contributed by atoms with Crippen LogP contribution in [-0.4, -0.2) is 28.1 Å². The Balaban J connectivity index is 1.62. The van der Waals surface area contributed by atoms with Crippen LogP contribution in [0.2, 0.25) is 0 Å². The van der Waals surface area contributed by atoms with Gasteiger partial charge in [0.1, 0.15) is 0 Å². The van der Waals surface area contributed by atoms with E-state index in [0.29, 0.717) is 0 Å². The van der Waals surface area contributed by atoms with Gasteiger partial charge in [-0.3, -0.25) is 9.78 Å². The van der Waals surface area contributed by atoms with Gasteiger partial charge in [0.25, 0.3) is 5.91 Å². The molecule has 21 heavy (non-hydrogen) atoms. The molecule has 3 aliphatic rings. The van der Waals surface area contributed by atoms with Crippen molar-refractivity contribution in [3.8, 4) is 0 Å². The number of carbonyl (C=O) groups is 1. The van der Waals surface area contributed by atoms with Gasteiger partial charge >= 0.3 is 0 Å². The van der Waals surface area contributed by atoms with Crippen LogP contribution in [0.1, 0.15) is 19.8 Å². The predicted octanol–water partition coefficient (Wildman–Crippen LogP) is 1.82. The third-order valence-electron chi connectivity index (χ3n) is 4.51. The van der Waals surface area contributed by atoms with Crippen LogP contribution in [0.3, 0.4) is 0 Å². The summed E-state index contributed by atoms with van der Waals surface area (Å²) in [6, 6.07) is 7.63. The van der Waals surface area contributed by atoms with E-state index in [0.717, 1.165) is 29.3 Å². The Morgan fingerprint density at radius 3 is 2.95 bits per heavy atom. The van der Waals surface area contributed by atoms with Crippen molar-refractivity contribution in [3.63, 3.8) is 0 Å². The highest BCUT2D eigenvalue weighted by Gasteiger charge is 2.65. The Morgan fingerprint density at radius 1 is 1.43 bits per heavy atom. The fourth-order valence-electron chi connectivity index (χ4n) is 3.76. The Hall–Kier alpha value is -1.98. The summed E-state index contributed by atoms with van der Waals surface area (Å²) < 4.78 is 5.82. The molecule has 0 spiro atoms. The Bertz CT molecular complexity index is 732. The van der Waals surface area contributed by atoms with E-state index < -0.39 is 11.6 Å². The second-order valence-electron chi connectivity index (χ2n) is 6.43. The first-order valence-electron chi connectivity index (χ1n) is 7.10. The van der Waals surface area contributed by atoms with Crippen molar-refractivity contribution < 1.29 is 9.53 Å². The minimum absolute atomic E-state index is 0.164. The molecule has 2 saturated heterocycles. The molecule has 1 atom stereocenters. The van der Waals surface area contributed by atoms with E-state index in [1.165, 1.54) is 0 Å². The number of hydrogen-bond acceptors (Lipinski definition) is 4. The topological polar surface area (TPSA) is 77.2 Å². The number of nitrogens with one attached hydrogen (secondary N) is 1. The van der Waals surface area contributed by atoms with Crippen LogP contribution in [0, 0.1) is 0 Å². The van der Waals surface area contributed by atoms with Crippen LogP contribution in [0.5, 0.6) is 0 Å². The summed E-state index contributed by atoms with van der Waals surface area (Å²) in [5.74, 6) is -0.164. The van der Waals surface area contributed by atoms with E-state index in [1.54, 1.807) is 12.4 Å². The maximum Gasteiger partial charge on any atom is 0.255 e. The zero-order valence-electron chi connectivity index (χ0n) is 11.8. The molecule has 2 aliphatic heterocycles. The van der Waals surface area contributed by atoms with Crippen LogP contribution in [-0.2, 0) is 9.53 Å². The van der Waals surface area contributed by atoms with E-state index in [4.69, 9.17) is 10.5 Å². The number of benzene rings is 1. The number of nitrogens with zero attached hydrogens (tertiary/aromatic N) is 1. The first-order chi connectivity index (χ1) is 9.99. The number of aromatic nitrogens is 1. The quantitative estimate of drug-likeness (QED) is 0.881. The number of ether oxygens (including phenoxy) is 1. The van der Waals surface area contributed by atoms with Gasteiger partial charge in [-0.1, -0.05) is 12.1 Å². The van der Waals surface area contributed by atoms with Crippen LogP contribution >= 0.6 is 0 Å².